The second-order valence-electron chi connectivity index (χ2n) is 6.70. The zero-order chi connectivity index (χ0) is 20.3. The highest BCUT2D eigenvalue weighted by molar-refractivity contribution is 7.89. The highest BCUT2D eigenvalue weighted by atomic mass is 32.2. The maximum atomic E-state index is 13.4. The van der Waals surface area contributed by atoms with Gasteiger partial charge < -0.3 is 0 Å². The number of hydrogen-bond donors (Lipinski definition) is 0. The van der Waals surface area contributed by atoms with E-state index in [9.17, 15) is 12.8 Å². The van der Waals surface area contributed by atoms with Crippen molar-refractivity contribution >= 4 is 20.9 Å². The lowest BCUT2D eigenvalue weighted by atomic mass is 10.1. The maximum absolute atomic E-state index is 13.4. The highest BCUT2D eigenvalue weighted by Gasteiger charge is 2.25. The van der Waals surface area contributed by atoms with Crippen LogP contribution < -0.4 is 0 Å². The number of aromatic nitrogens is 1. The van der Waals surface area contributed by atoms with Crippen LogP contribution in [0.15, 0.2) is 96.0 Å². The fourth-order valence-electron chi connectivity index (χ4n) is 3.25. The topological polar surface area (TPSA) is 50.3 Å². The lowest BCUT2D eigenvalue weighted by Gasteiger charge is -2.23. The van der Waals surface area contributed by atoms with E-state index >= 15 is 0 Å². The summed E-state index contributed by atoms with van der Waals surface area (Å²) in [7, 11) is -3.84. The van der Waals surface area contributed by atoms with Crippen LogP contribution in [0.2, 0.25) is 0 Å². The van der Waals surface area contributed by atoms with Crippen molar-refractivity contribution in [3.8, 4) is 0 Å². The molecule has 1 heterocycles. The van der Waals surface area contributed by atoms with Crippen LogP contribution in [0.1, 0.15) is 11.1 Å². The van der Waals surface area contributed by atoms with Crippen molar-refractivity contribution in [1.82, 2.24) is 9.29 Å². The molecule has 0 radical (unpaired) electrons. The van der Waals surface area contributed by atoms with E-state index in [4.69, 9.17) is 0 Å². The number of para-hydroxylation sites is 1. The zero-order valence-electron chi connectivity index (χ0n) is 15.6. The molecule has 0 saturated carbocycles. The average molecular weight is 406 g/mol. The Morgan fingerprint density at radius 1 is 0.793 bits per heavy atom. The molecule has 4 nitrogen and oxygen atoms in total. The molecule has 1 aromatic heterocycles. The van der Waals surface area contributed by atoms with Crippen LogP contribution in [0.3, 0.4) is 0 Å². The molecule has 0 spiro atoms. The maximum Gasteiger partial charge on any atom is 0.243 e. The van der Waals surface area contributed by atoms with Crippen LogP contribution in [0.25, 0.3) is 10.9 Å². The summed E-state index contributed by atoms with van der Waals surface area (Å²) in [6.07, 6.45) is 1.70. The predicted octanol–water partition coefficient (Wildman–Crippen LogP) is 4.77. The average Bonchev–Trinajstić information content (AvgIpc) is 2.74. The first-order chi connectivity index (χ1) is 14.0. The van der Waals surface area contributed by atoms with Gasteiger partial charge in [0.1, 0.15) is 5.82 Å². The molecule has 0 aliphatic heterocycles. The third-order valence-electron chi connectivity index (χ3n) is 4.72. The number of sulfonamides is 1. The Morgan fingerprint density at radius 2 is 1.52 bits per heavy atom. The van der Waals surface area contributed by atoms with Crippen LogP contribution in [0.5, 0.6) is 0 Å². The first-order valence-corrected chi connectivity index (χ1v) is 10.6. The molecule has 3 aromatic carbocycles. The molecule has 0 bridgehead atoms. The van der Waals surface area contributed by atoms with Gasteiger partial charge in [-0.25, -0.2) is 12.8 Å². The van der Waals surface area contributed by atoms with E-state index < -0.39 is 15.8 Å². The third-order valence-corrected chi connectivity index (χ3v) is 6.52. The molecule has 0 aliphatic carbocycles. The normalized spacial score (nSPS) is 11.8. The fourth-order valence-corrected chi connectivity index (χ4v) is 4.66. The number of benzene rings is 3. The number of fused-ring (bicyclic) bond motifs is 1. The lowest BCUT2D eigenvalue weighted by Crippen LogP contribution is -2.30. The van der Waals surface area contributed by atoms with E-state index in [2.05, 4.69) is 4.98 Å². The Balaban J connectivity index is 1.76. The first-order valence-electron chi connectivity index (χ1n) is 9.16. The molecular formula is C23H19FN2O2S. The smallest absolute Gasteiger partial charge is 0.243 e. The van der Waals surface area contributed by atoms with Crippen molar-refractivity contribution in [3.05, 3.63) is 108 Å². The second kappa shape index (κ2) is 8.11. The number of rotatable bonds is 6. The van der Waals surface area contributed by atoms with E-state index in [1.165, 1.54) is 16.4 Å². The van der Waals surface area contributed by atoms with Gasteiger partial charge in [0.2, 0.25) is 10.0 Å². The fraction of sp³-hybridized carbons (Fsp3) is 0.0870. The summed E-state index contributed by atoms with van der Waals surface area (Å²) in [5.41, 5.74) is 2.44. The molecule has 29 heavy (non-hydrogen) atoms. The van der Waals surface area contributed by atoms with Crippen LogP contribution in [-0.4, -0.2) is 17.7 Å². The minimum Gasteiger partial charge on any atom is -0.256 e. The number of nitrogens with zero attached hydrogens (tertiary/aromatic N) is 2. The van der Waals surface area contributed by atoms with Gasteiger partial charge in [0.15, 0.2) is 0 Å². The summed E-state index contributed by atoms with van der Waals surface area (Å²) in [4.78, 5) is 4.49. The van der Waals surface area contributed by atoms with Crippen molar-refractivity contribution in [2.45, 2.75) is 18.0 Å². The van der Waals surface area contributed by atoms with Crippen LogP contribution in [0, 0.1) is 5.82 Å². The molecule has 0 unspecified atom stereocenters. The molecule has 4 rings (SSSR count). The Kier molecular flexibility index (Phi) is 5.38. The molecular weight excluding hydrogens is 387 g/mol. The van der Waals surface area contributed by atoms with Crippen LogP contribution in [0.4, 0.5) is 4.39 Å². The predicted molar refractivity (Wildman–Crippen MR) is 111 cm³/mol. The molecule has 0 aliphatic rings. The number of halogens is 1. The monoisotopic (exact) mass is 406 g/mol. The van der Waals surface area contributed by atoms with E-state index in [1.807, 2.05) is 60.7 Å². The summed E-state index contributed by atoms with van der Waals surface area (Å²) in [5, 5.41) is 0.948. The zero-order valence-corrected chi connectivity index (χ0v) is 16.4. The van der Waals surface area contributed by atoms with Gasteiger partial charge in [-0.1, -0.05) is 54.6 Å². The van der Waals surface area contributed by atoms with Crippen LogP contribution >= 0.6 is 0 Å². The molecule has 146 valence electrons. The van der Waals surface area contributed by atoms with Gasteiger partial charge in [-0.15, -0.1) is 0 Å². The summed E-state index contributed by atoms with van der Waals surface area (Å²) in [5.74, 6) is -0.475. The van der Waals surface area contributed by atoms with E-state index in [-0.39, 0.29) is 18.0 Å². The van der Waals surface area contributed by atoms with Gasteiger partial charge >= 0.3 is 0 Å². The summed E-state index contributed by atoms with van der Waals surface area (Å²) in [6.45, 7) is 0.354. The van der Waals surface area contributed by atoms with E-state index in [1.54, 1.807) is 6.20 Å². The van der Waals surface area contributed by atoms with Gasteiger partial charge in [0.05, 0.1) is 10.4 Å². The first kappa shape index (κ1) is 19.2. The van der Waals surface area contributed by atoms with Crippen molar-refractivity contribution in [2.75, 3.05) is 0 Å². The molecule has 0 amide bonds. The van der Waals surface area contributed by atoms with Crippen LogP contribution in [-0.2, 0) is 23.1 Å². The van der Waals surface area contributed by atoms with Crippen molar-refractivity contribution in [1.29, 1.82) is 0 Å². The summed E-state index contributed by atoms with van der Waals surface area (Å²) in [6, 6.07) is 23.8. The molecule has 6 heteroatoms. The molecule has 0 N–H and O–H groups in total. The molecule has 0 saturated heterocycles. The van der Waals surface area contributed by atoms with Gasteiger partial charge in [-0.3, -0.25) is 4.98 Å². The van der Waals surface area contributed by atoms with E-state index in [0.717, 1.165) is 34.2 Å². The minimum absolute atomic E-state index is 0.0584. The van der Waals surface area contributed by atoms with Gasteiger partial charge in [0.25, 0.3) is 0 Å². The number of hydrogen-bond acceptors (Lipinski definition) is 3. The Bertz CT molecular complexity index is 1220. The molecule has 0 atom stereocenters. The van der Waals surface area contributed by atoms with E-state index in [0.29, 0.717) is 0 Å². The second-order valence-corrected chi connectivity index (χ2v) is 8.64. The Morgan fingerprint density at radius 3 is 2.28 bits per heavy atom. The van der Waals surface area contributed by atoms with Crippen molar-refractivity contribution < 1.29 is 12.8 Å². The Labute approximate surface area is 169 Å². The Hall–Kier alpha value is -3.09. The largest absolute Gasteiger partial charge is 0.256 e. The minimum atomic E-state index is -3.84. The van der Waals surface area contributed by atoms with Gasteiger partial charge in [-0.05, 0) is 41.5 Å². The molecule has 4 aromatic rings. The summed E-state index contributed by atoms with van der Waals surface area (Å²) >= 11 is 0. The quantitative estimate of drug-likeness (QED) is 0.464. The van der Waals surface area contributed by atoms with Gasteiger partial charge in [-0.2, -0.15) is 4.31 Å². The lowest BCUT2D eigenvalue weighted by molar-refractivity contribution is 0.402. The molecule has 0 fully saturated rings. The summed E-state index contributed by atoms with van der Waals surface area (Å²) < 4.78 is 41.5. The van der Waals surface area contributed by atoms with Crippen molar-refractivity contribution in [3.63, 3.8) is 0 Å². The standard InChI is InChI=1S/C23H19FN2O2S/c24-21-11-13-22(14-12-21)29(27,28)26(16-18-6-2-1-3-7-18)17-20-9-4-8-19-10-5-15-25-23(19)20/h1-15H,16-17H2. The highest BCUT2D eigenvalue weighted by Crippen LogP contribution is 2.24. The SMILES string of the molecule is O=S(=O)(c1ccc(F)cc1)N(Cc1ccccc1)Cc1cccc2cccnc12. The van der Waals surface area contributed by atoms with Crippen molar-refractivity contribution in [2.24, 2.45) is 0 Å². The third kappa shape index (κ3) is 4.18. The van der Waals surface area contributed by atoms with Gasteiger partial charge in [0, 0.05) is 24.7 Å². The number of pyridine rings is 1.